The molecule has 4 rings (SSSR count). The van der Waals surface area contributed by atoms with Crippen LogP contribution in [0.1, 0.15) is 42.4 Å². The van der Waals surface area contributed by atoms with Crippen molar-refractivity contribution in [3.63, 3.8) is 0 Å². The average Bonchev–Trinajstić information content (AvgIpc) is 3.33. The van der Waals surface area contributed by atoms with Gasteiger partial charge in [0, 0.05) is 32.1 Å². The molecule has 2 fully saturated rings. The van der Waals surface area contributed by atoms with Crippen LogP contribution in [0.15, 0.2) is 48.5 Å². The van der Waals surface area contributed by atoms with Crippen LogP contribution in [0, 0.1) is 11.7 Å². The molecule has 1 amide bonds. The summed E-state index contributed by atoms with van der Waals surface area (Å²) >= 11 is 0. The van der Waals surface area contributed by atoms with Crippen LogP contribution in [0.25, 0.3) is 0 Å². The SMILES string of the molecule is O=C(NCc1ccccc1CN1CCCC1)C1CCN(S(=O)(=O)Cc2ccc(F)cc2)CC1. The highest BCUT2D eigenvalue weighted by Gasteiger charge is 2.31. The number of sulfonamides is 1. The topological polar surface area (TPSA) is 69.7 Å². The summed E-state index contributed by atoms with van der Waals surface area (Å²) < 4.78 is 40.0. The van der Waals surface area contributed by atoms with Gasteiger partial charge in [-0.1, -0.05) is 36.4 Å². The third-order valence-electron chi connectivity index (χ3n) is 6.64. The number of halogens is 1. The Kier molecular flexibility index (Phi) is 7.78. The fourth-order valence-corrected chi connectivity index (χ4v) is 6.23. The lowest BCUT2D eigenvalue weighted by Crippen LogP contribution is -2.43. The number of hydrogen-bond acceptors (Lipinski definition) is 4. The van der Waals surface area contributed by atoms with Gasteiger partial charge in [-0.3, -0.25) is 9.69 Å². The Labute approximate surface area is 195 Å². The molecule has 33 heavy (non-hydrogen) atoms. The highest BCUT2D eigenvalue weighted by Crippen LogP contribution is 2.23. The fraction of sp³-hybridized carbons (Fsp3) is 0.480. The summed E-state index contributed by atoms with van der Waals surface area (Å²) in [6, 6.07) is 13.8. The number of nitrogens with zero attached hydrogens (tertiary/aromatic N) is 2. The number of rotatable bonds is 8. The number of amides is 1. The van der Waals surface area contributed by atoms with Crippen LogP contribution in [-0.4, -0.2) is 49.7 Å². The van der Waals surface area contributed by atoms with Gasteiger partial charge < -0.3 is 5.32 Å². The van der Waals surface area contributed by atoms with Crippen molar-refractivity contribution in [1.29, 1.82) is 0 Å². The second-order valence-corrected chi connectivity index (χ2v) is 11.0. The zero-order valence-electron chi connectivity index (χ0n) is 18.9. The number of benzene rings is 2. The summed E-state index contributed by atoms with van der Waals surface area (Å²) in [5, 5.41) is 3.07. The van der Waals surface area contributed by atoms with E-state index >= 15 is 0 Å². The summed E-state index contributed by atoms with van der Waals surface area (Å²) in [5.74, 6) is -0.742. The van der Waals surface area contributed by atoms with Gasteiger partial charge in [0.25, 0.3) is 0 Å². The first-order valence-corrected chi connectivity index (χ1v) is 13.3. The number of carbonyl (C=O) groups excluding carboxylic acids is 1. The van der Waals surface area contributed by atoms with Crippen molar-refractivity contribution in [1.82, 2.24) is 14.5 Å². The van der Waals surface area contributed by atoms with Gasteiger partial charge in [-0.05, 0) is 67.6 Å². The largest absolute Gasteiger partial charge is 0.352 e. The average molecular weight is 474 g/mol. The maximum absolute atomic E-state index is 13.1. The Balaban J connectivity index is 1.27. The highest BCUT2D eigenvalue weighted by atomic mass is 32.2. The zero-order valence-corrected chi connectivity index (χ0v) is 19.7. The van der Waals surface area contributed by atoms with Gasteiger partial charge in [0.05, 0.1) is 5.75 Å². The first-order valence-electron chi connectivity index (χ1n) is 11.7. The first-order chi connectivity index (χ1) is 15.9. The van der Waals surface area contributed by atoms with Gasteiger partial charge in [0.2, 0.25) is 15.9 Å². The molecule has 2 saturated heterocycles. The summed E-state index contributed by atoms with van der Waals surface area (Å²) in [5.41, 5.74) is 2.95. The van der Waals surface area contributed by atoms with Crippen LogP contribution in [0.2, 0.25) is 0 Å². The van der Waals surface area contributed by atoms with Gasteiger partial charge in [-0.15, -0.1) is 0 Å². The predicted molar refractivity (Wildman–Crippen MR) is 126 cm³/mol. The van der Waals surface area contributed by atoms with Crippen LogP contribution in [0.5, 0.6) is 0 Å². The fourth-order valence-electron chi connectivity index (χ4n) is 4.67. The molecular weight excluding hydrogens is 441 g/mol. The van der Waals surface area contributed by atoms with E-state index < -0.39 is 10.0 Å². The minimum absolute atomic E-state index is 0.0124. The van der Waals surface area contributed by atoms with E-state index in [0.717, 1.165) is 25.2 Å². The molecule has 0 aliphatic carbocycles. The highest BCUT2D eigenvalue weighted by molar-refractivity contribution is 7.88. The number of nitrogens with one attached hydrogen (secondary N) is 1. The Morgan fingerprint density at radius 1 is 0.939 bits per heavy atom. The number of piperidine rings is 1. The summed E-state index contributed by atoms with van der Waals surface area (Å²) in [4.78, 5) is 15.2. The van der Waals surface area contributed by atoms with Gasteiger partial charge in [-0.2, -0.15) is 0 Å². The second kappa shape index (κ2) is 10.8. The maximum Gasteiger partial charge on any atom is 0.223 e. The molecule has 2 aromatic rings. The van der Waals surface area contributed by atoms with Crippen molar-refractivity contribution in [2.75, 3.05) is 26.2 Å². The molecule has 1 N–H and O–H groups in total. The molecule has 6 nitrogen and oxygen atoms in total. The van der Waals surface area contributed by atoms with E-state index in [1.165, 1.54) is 47.0 Å². The lowest BCUT2D eigenvalue weighted by Gasteiger charge is -2.30. The number of hydrogen-bond donors (Lipinski definition) is 1. The molecule has 178 valence electrons. The van der Waals surface area contributed by atoms with Gasteiger partial charge in [-0.25, -0.2) is 17.1 Å². The summed E-state index contributed by atoms with van der Waals surface area (Å²) in [6.07, 6.45) is 3.50. The molecule has 2 aromatic carbocycles. The Bertz CT molecular complexity index is 1040. The summed E-state index contributed by atoms with van der Waals surface area (Å²) in [6.45, 7) is 4.31. The normalized spacial score (nSPS) is 18.5. The van der Waals surface area contributed by atoms with Crippen LogP contribution >= 0.6 is 0 Å². The van der Waals surface area contributed by atoms with Crippen LogP contribution in [0.4, 0.5) is 4.39 Å². The van der Waals surface area contributed by atoms with Crippen molar-refractivity contribution < 1.29 is 17.6 Å². The monoisotopic (exact) mass is 473 g/mol. The molecule has 2 heterocycles. The molecule has 2 aliphatic rings. The van der Waals surface area contributed by atoms with Crippen molar-refractivity contribution in [2.24, 2.45) is 5.92 Å². The predicted octanol–water partition coefficient (Wildman–Crippen LogP) is 3.28. The maximum atomic E-state index is 13.1. The van der Waals surface area contributed by atoms with Gasteiger partial charge >= 0.3 is 0 Å². The van der Waals surface area contributed by atoms with Gasteiger partial charge in [0.15, 0.2) is 0 Å². The quantitative estimate of drug-likeness (QED) is 0.639. The van der Waals surface area contributed by atoms with Gasteiger partial charge in [0.1, 0.15) is 5.82 Å². The van der Waals surface area contributed by atoms with Crippen molar-refractivity contribution in [3.05, 3.63) is 71.0 Å². The lowest BCUT2D eigenvalue weighted by atomic mass is 9.97. The van der Waals surface area contributed by atoms with E-state index in [9.17, 15) is 17.6 Å². The molecule has 0 bridgehead atoms. The Morgan fingerprint density at radius 3 is 2.24 bits per heavy atom. The Hall–Kier alpha value is -2.29. The van der Waals surface area contributed by atoms with E-state index in [1.54, 1.807) is 0 Å². The molecule has 0 unspecified atom stereocenters. The standard InChI is InChI=1S/C25H32FN3O3S/c26-24-9-7-20(8-10-24)19-33(31,32)29-15-11-21(12-16-29)25(30)27-17-22-5-1-2-6-23(22)18-28-13-3-4-14-28/h1-2,5-10,21H,3-4,11-19H2,(H,27,30). The van der Waals surface area contributed by atoms with Crippen molar-refractivity contribution >= 4 is 15.9 Å². The minimum atomic E-state index is -3.50. The molecule has 0 spiro atoms. The molecule has 0 saturated carbocycles. The lowest BCUT2D eigenvalue weighted by molar-refractivity contribution is -0.126. The second-order valence-electron chi connectivity index (χ2n) is 9.03. The molecule has 0 atom stereocenters. The molecule has 2 aliphatic heterocycles. The van der Waals surface area contributed by atoms with Crippen molar-refractivity contribution in [3.8, 4) is 0 Å². The first kappa shape index (κ1) is 23.9. The van der Waals surface area contributed by atoms with E-state index in [0.29, 0.717) is 38.0 Å². The molecule has 0 radical (unpaired) electrons. The number of likely N-dealkylation sites (tertiary alicyclic amines) is 1. The molecular formula is C25H32FN3O3S. The van der Waals surface area contributed by atoms with E-state index in [2.05, 4.69) is 22.3 Å². The molecule has 8 heteroatoms. The van der Waals surface area contributed by atoms with E-state index in [1.807, 2.05) is 12.1 Å². The van der Waals surface area contributed by atoms with Crippen LogP contribution in [-0.2, 0) is 33.7 Å². The smallest absolute Gasteiger partial charge is 0.223 e. The van der Waals surface area contributed by atoms with Crippen LogP contribution < -0.4 is 5.32 Å². The van der Waals surface area contributed by atoms with E-state index in [-0.39, 0.29) is 23.4 Å². The third-order valence-corrected chi connectivity index (χ3v) is 8.49. The number of carbonyl (C=O) groups is 1. The minimum Gasteiger partial charge on any atom is -0.352 e. The molecule has 0 aromatic heterocycles. The third kappa shape index (κ3) is 6.40. The Morgan fingerprint density at radius 2 is 1.58 bits per heavy atom. The van der Waals surface area contributed by atoms with Crippen molar-refractivity contribution in [2.45, 2.75) is 44.5 Å². The van der Waals surface area contributed by atoms with Crippen LogP contribution in [0.3, 0.4) is 0 Å². The van der Waals surface area contributed by atoms with E-state index in [4.69, 9.17) is 0 Å². The summed E-state index contributed by atoms with van der Waals surface area (Å²) in [7, 11) is -3.50. The zero-order chi connectivity index (χ0) is 23.3.